The molecule has 8 heteroatoms. The summed E-state index contributed by atoms with van der Waals surface area (Å²) in [6.45, 7) is 7.64. The van der Waals surface area contributed by atoms with Crippen LogP contribution in [0, 0.1) is 5.92 Å². The lowest BCUT2D eigenvalue weighted by molar-refractivity contribution is -0.122. The molecule has 1 amide bonds. The van der Waals surface area contributed by atoms with Crippen molar-refractivity contribution in [3.05, 3.63) is 0 Å². The van der Waals surface area contributed by atoms with Gasteiger partial charge in [-0.1, -0.05) is 0 Å². The van der Waals surface area contributed by atoms with Gasteiger partial charge in [-0.2, -0.15) is 0 Å². The molecule has 7 nitrogen and oxygen atoms in total. The van der Waals surface area contributed by atoms with Gasteiger partial charge in [0.2, 0.25) is 5.91 Å². The van der Waals surface area contributed by atoms with E-state index in [4.69, 9.17) is 0 Å². The van der Waals surface area contributed by atoms with E-state index in [0.29, 0.717) is 18.5 Å². The van der Waals surface area contributed by atoms with Gasteiger partial charge in [-0.05, 0) is 45.2 Å². The van der Waals surface area contributed by atoms with Crippen LogP contribution in [0.1, 0.15) is 25.7 Å². The Balaban J connectivity index is 0.00000243. The monoisotopic (exact) mass is 478 g/mol. The minimum Gasteiger partial charge on any atom is -0.356 e. The second-order valence-electron chi connectivity index (χ2n) is 7.80. The lowest BCUT2D eigenvalue weighted by atomic mass is 9.98. The average Bonchev–Trinajstić information content (AvgIpc) is 3.40. The Morgan fingerprint density at radius 3 is 2.46 bits per heavy atom. The Kier molecular flexibility index (Phi) is 8.89. The number of likely N-dealkylation sites (tertiary alicyclic amines) is 1. The van der Waals surface area contributed by atoms with E-state index in [2.05, 4.69) is 37.4 Å². The highest BCUT2D eigenvalue weighted by Crippen LogP contribution is 2.18. The van der Waals surface area contributed by atoms with Crippen LogP contribution in [0.5, 0.6) is 0 Å². The number of halogens is 1. The van der Waals surface area contributed by atoms with Gasteiger partial charge < -0.3 is 20.4 Å². The van der Waals surface area contributed by atoms with Crippen molar-refractivity contribution in [2.75, 3.05) is 66.5 Å². The Bertz CT molecular complexity index is 476. The number of aliphatic imine (C=N–C) groups is 1. The minimum atomic E-state index is 0. The fourth-order valence-electron chi connectivity index (χ4n) is 3.83. The van der Waals surface area contributed by atoms with Gasteiger partial charge in [0.25, 0.3) is 0 Å². The smallest absolute Gasteiger partial charge is 0.234 e. The molecule has 3 aliphatic rings. The summed E-state index contributed by atoms with van der Waals surface area (Å²) >= 11 is 0. The van der Waals surface area contributed by atoms with Gasteiger partial charge in [-0.25, -0.2) is 0 Å². The number of hydrogen-bond acceptors (Lipinski definition) is 4. The zero-order valence-corrected chi connectivity index (χ0v) is 18.6. The summed E-state index contributed by atoms with van der Waals surface area (Å²) in [6.07, 6.45) is 4.90. The van der Waals surface area contributed by atoms with E-state index in [1.54, 1.807) is 0 Å². The summed E-state index contributed by atoms with van der Waals surface area (Å²) in [6, 6.07) is 0.454. The predicted octanol–water partition coefficient (Wildman–Crippen LogP) is 0.418. The van der Waals surface area contributed by atoms with Gasteiger partial charge in [0, 0.05) is 52.4 Å². The molecule has 150 valence electrons. The van der Waals surface area contributed by atoms with Gasteiger partial charge in [-0.3, -0.25) is 14.7 Å². The third-order valence-electron chi connectivity index (χ3n) is 5.46. The van der Waals surface area contributed by atoms with Crippen molar-refractivity contribution in [3.63, 3.8) is 0 Å². The molecule has 2 N–H and O–H groups in total. The lowest BCUT2D eigenvalue weighted by Crippen LogP contribution is -2.54. The van der Waals surface area contributed by atoms with Gasteiger partial charge in [-0.15, -0.1) is 24.0 Å². The summed E-state index contributed by atoms with van der Waals surface area (Å²) in [7, 11) is 4.07. The molecule has 1 aliphatic carbocycles. The highest BCUT2D eigenvalue weighted by atomic mass is 127. The van der Waals surface area contributed by atoms with E-state index >= 15 is 0 Å². The summed E-state index contributed by atoms with van der Waals surface area (Å²) < 4.78 is 0. The van der Waals surface area contributed by atoms with Crippen LogP contribution < -0.4 is 10.6 Å². The number of piperazine rings is 1. The SMILES string of the molecule is CN=C(NCC1CCCN(C)C1)N1CCN(CC(=O)NC2CC2)CC1.I. The molecule has 0 aromatic carbocycles. The normalized spacial score (nSPS) is 25.5. The molecular weight excluding hydrogens is 443 g/mol. The minimum absolute atomic E-state index is 0. The molecule has 0 radical (unpaired) electrons. The number of hydrogen-bond donors (Lipinski definition) is 2. The van der Waals surface area contributed by atoms with Crippen molar-refractivity contribution >= 4 is 35.8 Å². The van der Waals surface area contributed by atoms with Crippen LogP contribution in [0.3, 0.4) is 0 Å². The van der Waals surface area contributed by atoms with Crippen LogP contribution in [0.4, 0.5) is 0 Å². The molecule has 0 bridgehead atoms. The van der Waals surface area contributed by atoms with Crippen molar-refractivity contribution in [3.8, 4) is 0 Å². The lowest BCUT2D eigenvalue weighted by Gasteiger charge is -2.37. The summed E-state index contributed by atoms with van der Waals surface area (Å²) in [5.41, 5.74) is 0. The molecule has 1 atom stereocenters. The van der Waals surface area contributed by atoms with Crippen LogP contribution in [0.2, 0.25) is 0 Å². The van der Waals surface area contributed by atoms with Crippen LogP contribution in [0.25, 0.3) is 0 Å². The molecule has 26 heavy (non-hydrogen) atoms. The van der Waals surface area contributed by atoms with E-state index in [1.807, 2.05) is 7.05 Å². The maximum absolute atomic E-state index is 11.9. The molecule has 3 rings (SSSR count). The number of guanidine groups is 1. The van der Waals surface area contributed by atoms with E-state index in [1.165, 1.54) is 25.9 Å². The molecule has 3 fully saturated rings. The molecule has 0 aromatic rings. The summed E-state index contributed by atoms with van der Waals surface area (Å²) in [5, 5.41) is 6.64. The molecule has 0 spiro atoms. The van der Waals surface area contributed by atoms with E-state index in [9.17, 15) is 4.79 Å². The van der Waals surface area contributed by atoms with Crippen molar-refractivity contribution in [2.45, 2.75) is 31.7 Å². The van der Waals surface area contributed by atoms with Crippen LogP contribution in [-0.4, -0.2) is 99.1 Å². The fourth-order valence-corrected chi connectivity index (χ4v) is 3.83. The third-order valence-corrected chi connectivity index (χ3v) is 5.46. The standard InChI is InChI=1S/C18H34N6O.HI/c1-19-18(20-12-15-4-3-7-22(2)13-15)24-10-8-23(9-11-24)14-17(25)21-16-5-6-16;/h15-16H,3-14H2,1-2H3,(H,19,20)(H,21,25);1H. The van der Waals surface area contributed by atoms with Gasteiger partial charge in [0.05, 0.1) is 6.54 Å². The number of carbonyl (C=O) groups excluding carboxylic acids is 1. The molecule has 1 unspecified atom stereocenters. The zero-order chi connectivity index (χ0) is 17.6. The highest BCUT2D eigenvalue weighted by molar-refractivity contribution is 14.0. The summed E-state index contributed by atoms with van der Waals surface area (Å²) in [4.78, 5) is 23.4. The van der Waals surface area contributed by atoms with Crippen molar-refractivity contribution < 1.29 is 4.79 Å². The van der Waals surface area contributed by atoms with Crippen molar-refractivity contribution in [1.82, 2.24) is 25.3 Å². The third kappa shape index (κ3) is 6.84. The highest BCUT2D eigenvalue weighted by Gasteiger charge is 2.26. The molecular formula is C18H35IN6O. The van der Waals surface area contributed by atoms with Crippen LogP contribution >= 0.6 is 24.0 Å². The second-order valence-corrected chi connectivity index (χ2v) is 7.80. The number of piperidine rings is 1. The Morgan fingerprint density at radius 1 is 1.12 bits per heavy atom. The maximum atomic E-state index is 11.9. The number of amides is 1. The van der Waals surface area contributed by atoms with Gasteiger partial charge >= 0.3 is 0 Å². The van der Waals surface area contributed by atoms with Gasteiger partial charge in [0.15, 0.2) is 5.96 Å². The first kappa shape index (κ1) is 21.7. The molecule has 2 heterocycles. The number of nitrogens with zero attached hydrogens (tertiary/aromatic N) is 4. The summed E-state index contributed by atoms with van der Waals surface area (Å²) in [5.74, 6) is 1.90. The molecule has 2 aliphatic heterocycles. The predicted molar refractivity (Wildman–Crippen MR) is 116 cm³/mol. The first-order chi connectivity index (χ1) is 12.1. The topological polar surface area (TPSA) is 63.2 Å². The maximum Gasteiger partial charge on any atom is 0.234 e. The number of nitrogens with one attached hydrogen (secondary N) is 2. The zero-order valence-electron chi connectivity index (χ0n) is 16.2. The van der Waals surface area contributed by atoms with Crippen LogP contribution in [0.15, 0.2) is 4.99 Å². The average molecular weight is 478 g/mol. The first-order valence-corrected chi connectivity index (χ1v) is 9.80. The molecule has 2 saturated heterocycles. The van der Waals surface area contributed by atoms with E-state index in [-0.39, 0.29) is 29.9 Å². The number of rotatable bonds is 5. The van der Waals surface area contributed by atoms with E-state index < -0.39 is 0 Å². The van der Waals surface area contributed by atoms with Crippen LogP contribution in [-0.2, 0) is 4.79 Å². The largest absolute Gasteiger partial charge is 0.356 e. The van der Waals surface area contributed by atoms with Gasteiger partial charge in [0.1, 0.15) is 0 Å². The van der Waals surface area contributed by atoms with Crippen molar-refractivity contribution in [2.24, 2.45) is 10.9 Å². The quantitative estimate of drug-likeness (QED) is 0.341. The Morgan fingerprint density at radius 2 is 1.85 bits per heavy atom. The van der Waals surface area contributed by atoms with E-state index in [0.717, 1.165) is 51.5 Å². The second kappa shape index (κ2) is 10.7. The Labute approximate surface area is 175 Å². The fraction of sp³-hybridized carbons (Fsp3) is 0.889. The molecule has 0 aromatic heterocycles. The van der Waals surface area contributed by atoms with Crippen molar-refractivity contribution in [1.29, 1.82) is 0 Å². The first-order valence-electron chi connectivity index (χ1n) is 9.80. The number of carbonyl (C=O) groups is 1. The Hall–Kier alpha value is -0.610. The molecule has 1 saturated carbocycles.